The van der Waals surface area contributed by atoms with Crippen molar-refractivity contribution in [2.24, 2.45) is 0 Å². The number of pyridine rings is 2. The lowest BCUT2D eigenvalue weighted by Crippen LogP contribution is -2.01. The number of hydrogen-bond acceptors (Lipinski definition) is 6. The molecule has 0 atom stereocenters. The van der Waals surface area contributed by atoms with Crippen LogP contribution in [0.2, 0.25) is 0 Å². The number of hydrogen-bond donors (Lipinski definition) is 1. The molecule has 2 N–H and O–H groups in total. The van der Waals surface area contributed by atoms with Gasteiger partial charge in [-0.15, -0.1) is 10.2 Å². The summed E-state index contributed by atoms with van der Waals surface area (Å²) in [7, 11) is 0. The summed E-state index contributed by atoms with van der Waals surface area (Å²) in [6.07, 6.45) is 2.83. The van der Waals surface area contributed by atoms with Gasteiger partial charge in [0.15, 0.2) is 5.65 Å². The molecule has 3 heterocycles. The van der Waals surface area contributed by atoms with Crippen molar-refractivity contribution in [1.29, 1.82) is 0 Å². The van der Waals surface area contributed by atoms with Crippen molar-refractivity contribution >= 4 is 23.1 Å². The number of anilines is 1. The molecule has 0 aliphatic carbocycles. The Morgan fingerprint density at radius 1 is 1.24 bits per heavy atom. The second-order valence-electron chi connectivity index (χ2n) is 4.41. The first kappa shape index (κ1) is 13.7. The van der Waals surface area contributed by atoms with Crippen molar-refractivity contribution in [3.05, 3.63) is 36.5 Å². The van der Waals surface area contributed by atoms with Gasteiger partial charge in [0.05, 0.1) is 12.3 Å². The Bertz CT molecular complexity index is 758. The number of rotatable bonds is 5. The molecule has 6 nitrogen and oxygen atoms in total. The largest absolute Gasteiger partial charge is 0.476 e. The molecule has 21 heavy (non-hydrogen) atoms. The van der Waals surface area contributed by atoms with Crippen LogP contribution in [0.5, 0.6) is 5.88 Å². The predicted molar refractivity (Wildman–Crippen MR) is 81.5 cm³/mol. The van der Waals surface area contributed by atoms with E-state index in [2.05, 4.69) is 15.2 Å². The second kappa shape index (κ2) is 6.01. The molecule has 3 aromatic heterocycles. The minimum Gasteiger partial charge on any atom is -0.476 e. The van der Waals surface area contributed by atoms with Crippen LogP contribution in [0.15, 0.2) is 46.7 Å². The number of nitrogens with zero attached hydrogens (tertiary/aromatic N) is 4. The molecule has 0 aliphatic rings. The van der Waals surface area contributed by atoms with Gasteiger partial charge >= 0.3 is 0 Å². The summed E-state index contributed by atoms with van der Waals surface area (Å²) in [5.74, 6) is 0.468. The summed E-state index contributed by atoms with van der Waals surface area (Å²) in [6, 6.07) is 9.42. The van der Waals surface area contributed by atoms with E-state index in [9.17, 15) is 0 Å². The summed E-state index contributed by atoms with van der Waals surface area (Å²) < 4.78 is 7.45. The maximum atomic E-state index is 5.86. The molecule has 3 aromatic rings. The normalized spacial score (nSPS) is 10.9. The number of aromatic nitrogens is 4. The fourth-order valence-corrected chi connectivity index (χ4v) is 2.57. The van der Waals surface area contributed by atoms with Crippen LogP contribution in [0.1, 0.15) is 13.3 Å². The first-order valence-electron chi connectivity index (χ1n) is 6.65. The van der Waals surface area contributed by atoms with Gasteiger partial charge in [0, 0.05) is 6.20 Å². The minimum absolute atomic E-state index is 0.468. The van der Waals surface area contributed by atoms with Crippen LogP contribution in [-0.4, -0.2) is 26.2 Å². The van der Waals surface area contributed by atoms with Crippen molar-refractivity contribution in [2.45, 2.75) is 23.5 Å². The Balaban J connectivity index is 1.87. The monoisotopic (exact) mass is 301 g/mol. The maximum absolute atomic E-state index is 5.86. The van der Waals surface area contributed by atoms with Crippen molar-refractivity contribution < 1.29 is 4.74 Å². The summed E-state index contributed by atoms with van der Waals surface area (Å²) in [6.45, 7) is 2.64. The van der Waals surface area contributed by atoms with Crippen LogP contribution in [0, 0.1) is 0 Å². The van der Waals surface area contributed by atoms with Gasteiger partial charge in [0.1, 0.15) is 5.03 Å². The quantitative estimate of drug-likeness (QED) is 0.780. The Hall–Kier alpha value is -2.28. The maximum Gasteiger partial charge on any atom is 0.238 e. The zero-order valence-corrected chi connectivity index (χ0v) is 12.4. The second-order valence-corrected chi connectivity index (χ2v) is 5.39. The number of ether oxygens (including phenoxy) is 1. The van der Waals surface area contributed by atoms with Crippen molar-refractivity contribution in [3.63, 3.8) is 0 Å². The van der Waals surface area contributed by atoms with Gasteiger partial charge in [-0.1, -0.05) is 13.0 Å². The topological polar surface area (TPSA) is 78.3 Å². The molecule has 0 aliphatic heterocycles. The molecule has 7 heteroatoms. The molecule has 0 aromatic carbocycles. The molecule has 0 saturated carbocycles. The van der Waals surface area contributed by atoms with E-state index in [1.165, 1.54) is 11.8 Å². The van der Waals surface area contributed by atoms with Crippen molar-refractivity contribution in [2.75, 3.05) is 12.3 Å². The first-order valence-corrected chi connectivity index (χ1v) is 7.46. The van der Waals surface area contributed by atoms with E-state index in [1.807, 2.05) is 41.8 Å². The highest BCUT2D eigenvalue weighted by Gasteiger charge is 2.10. The Kier molecular flexibility index (Phi) is 3.92. The smallest absolute Gasteiger partial charge is 0.238 e. The van der Waals surface area contributed by atoms with Crippen LogP contribution in [0.4, 0.5) is 5.69 Å². The van der Waals surface area contributed by atoms with Gasteiger partial charge < -0.3 is 10.5 Å². The fourth-order valence-electron chi connectivity index (χ4n) is 1.79. The fraction of sp³-hybridized carbons (Fsp3) is 0.214. The summed E-state index contributed by atoms with van der Waals surface area (Å²) in [4.78, 5) is 4.43. The molecule has 0 spiro atoms. The molecule has 0 fully saturated rings. The van der Waals surface area contributed by atoms with Gasteiger partial charge in [0.25, 0.3) is 0 Å². The average molecular weight is 301 g/mol. The van der Waals surface area contributed by atoms with Gasteiger partial charge in [0.2, 0.25) is 11.0 Å². The third kappa shape index (κ3) is 2.92. The average Bonchev–Trinajstić information content (AvgIpc) is 2.91. The van der Waals surface area contributed by atoms with E-state index >= 15 is 0 Å². The van der Waals surface area contributed by atoms with Crippen molar-refractivity contribution in [3.8, 4) is 5.88 Å². The van der Waals surface area contributed by atoms with Crippen LogP contribution < -0.4 is 10.5 Å². The van der Waals surface area contributed by atoms with E-state index in [0.717, 1.165) is 22.3 Å². The van der Waals surface area contributed by atoms with E-state index in [-0.39, 0.29) is 0 Å². The summed E-state index contributed by atoms with van der Waals surface area (Å²) >= 11 is 1.42. The Labute approximate surface area is 126 Å². The summed E-state index contributed by atoms with van der Waals surface area (Å²) in [5, 5.41) is 9.81. The molecule has 0 saturated heterocycles. The first-order chi connectivity index (χ1) is 10.3. The zero-order chi connectivity index (χ0) is 14.7. The van der Waals surface area contributed by atoms with Gasteiger partial charge in [-0.05, 0) is 42.4 Å². The molecule has 0 radical (unpaired) electrons. The number of nitrogen functional groups attached to an aromatic ring is 1. The van der Waals surface area contributed by atoms with E-state index in [1.54, 1.807) is 6.07 Å². The highest BCUT2D eigenvalue weighted by atomic mass is 32.2. The Morgan fingerprint density at radius 2 is 2.14 bits per heavy atom. The third-order valence-electron chi connectivity index (χ3n) is 2.79. The van der Waals surface area contributed by atoms with Crippen molar-refractivity contribution in [1.82, 2.24) is 19.6 Å². The van der Waals surface area contributed by atoms with Gasteiger partial charge in [-0.25, -0.2) is 4.98 Å². The lowest BCUT2D eigenvalue weighted by atomic mass is 10.4. The molecular formula is C14H15N5OS. The van der Waals surface area contributed by atoms with Crippen LogP contribution >= 0.6 is 11.8 Å². The van der Waals surface area contributed by atoms with Crippen LogP contribution in [0.25, 0.3) is 5.65 Å². The molecular weight excluding hydrogens is 286 g/mol. The minimum atomic E-state index is 0.468. The van der Waals surface area contributed by atoms with E-state index in [0.29, 0.717) is 18.2 Å². The number of nitrogens with two attached hydrogens (primary N) is 1. The van der Waals surface area contributed by atoms with Crippen LogP contribution in [0.3, 0.4) is 0 Å². The molecule has 0 unspecified atom stereocenters. The van der Waals surface area contributed by atoms with E-state index < -0.39 is 0 Å². The highest BCUT2D eigenvalue weighted by molar-refractivity contribution is 7.99. The zero-order valence-electron chi connectivity index (χ0n) is 11.6. The Morgan fingerprint density at radius 3 is 3.00 bits per heavy atom. The molecule has 0 amide bonds. The van der Waals surface area contributed by atoms with E-state index in [4.69, 9.17) is 10.5 Å². The SMILES string of the molecule is CCCOc1nc(Sc2nnc3ccccn23)ccc1N. The standard InChI is InChI=1S/C14H15N5OS/c1-2-9-20-13-10(15)6-7-12(16-13)21-14-18-17-11-5-3-4-8-19(11)14/h3-8H,2,9,15H2,1H3. The van der Waals surface area contributed by atoms with Gasteiger partial charge in [-0.2, -0.15) is 0 Å². The van der Waals surface area contributed by atoms with Gasteiger partial charge in [-0.3, -0.25) is 4.40 Å². The third-order valence-corrected chi connectivity index (χ3v) is 3.68. The number of fused-ring (bicyclic) bond motifs is 1. The highest BCUT2D eigenvalue weighted by Crippen LogP contribution is 2.29. The lowest BCUT2D eigenvalue weighted by Gasteiger charge is -2.08. The predicted octanol–water partition coefficient (Wildman–Crippen LogP) is 2.65. The molecule has 108 valence electrons. The van der Waals surface area contributed by atoms with Crippen LogP contribution in [-0.2, 0) is 0 Å². The lowest BCUT2D eigenvalue weighted by molar-refractivity contribution is 0.305. The molecule has 0 bridgehead atoms. The molecule has 3 rings (SSSR count). The summed E-state index contributed by atoms with van der Waals surface area (Å²) in [5.41, 5.74) is 7.21.